The fraction of sp³-hybridized carbons (Fsp3) is 0.417. The van der Waals surface area contributed by atoms with Gasteiger partial charge in [0.15, 0.2) is 0 Å². The van der Waals surface area contributed by atoms with Gasteiger partial charge in [0, 0.05) is 30.6 Å². The lowest BCUT2D eigenvalue weighted by atomic mass is 9.96. The highest BCUT2D eigenvalue weighted by Crippen LogP contribution is 2.40. The van der Waals surface area contributed by atoms with Crippen LogP contribution in [0.4, 0.5) is 0 Å². The van der Waals surface area contributed by atoms with Crippen LogP contribution in [-0.2, 0) is 11.2 Å². The van der Waals surface area contributed by atoms with Gasteiger partial charge in [-0.05, 0) is 55.0 Å². The topological polar surface area (TPSA) is 81.7 Å². The average Bonchev–Trinajstić information content (AvgIpc) is 3.58. The van der Waals surface area contributed by atoms with Gasteiger partial charge < -0.3 is 10.2 Å². The summed E-state index contributed by atoms with van der Waals surface area (Å²) in [5, 5.41) is 12.4. The maximum atomic E-state index is 12.6. The normalized spacial score (nSPS) is 21.3. The van der Waals surface area contributed by atoms with Crippen molar-refractivity contribution in [3.63, 3.8) is 0 Å². The number of piperidine rings is 1. The van der Waals surface area contributed by atoms with Crippen molar-refractivity contribution < 1.29 is 14.8 Å². The predicted octanol–water partition coefficient (Wildman–Crippen LogP) is 2.73. The number of hydroxylamine groups is 1. The molecule has 1 heterocycles. The van der Waals surface area contributed by atoms with E-state index in [0.29, 0.717) is 29.9 Å². The van der Waals surface area contributed by atoms with Crippen LogP contribution in [0.5, 0.6) is 0 Å². The predicted molar refractivity (Wildman–Crippen MR) is 114 cm³/mol. The Bertz CT molecular complexity index is 861. The van der Waals surface area contributed by atoms with E-state index in [-0.39, 0.29) is 5.91 Å². The minimum absolute atomic E-state index is 0.132. The van der Waals surface area contributed by atoms with Gasteiger partial charge in [-0.3, -0.25) is 14.8 Å². The molecule has 3 N–H and O–H groups in total. The second-order valence-corrected chi connectivity index (χ2v) is 8.41. The average molecular weight is 408 g/mol. The molecule has 6 nitrogen and oxygen atoms in total. The summed E-state index contributed by atoms with van der Waals surface area (Å²) < 4.78 is 0. The molecule has 2 aromatic carbocycles. The zero-order valence-electron chi connectivity index (χ0n) is 17.1. The van der Waals surface area contributed by atoms with Crippen LogP contribution < -0.4 is 10.8 Å². The molecule has 2 amide bonds. The summed E-state index contributed by atoms with van der Waals surface area (Å²) in [6, 6.07) is 18.1. The summed E-state index contributed by atoms with van der Waals surface area (Å²) in [5.74, 6) is 0.863. The van der Waals surface area contributed by atoms with Crippen molar-refractivity contribution in [2.75, 3.05) is 19.6 Å². The Kier molecular flexibility index (Phi) is 6.45. The molecule has 6 heteroatoms. The highest BCUT2D eigenvalue weighted by molar-refractivity contribution is 5.93. The molecule has 1 saturated heterocycles. The first-order chi connectivity index (χ1) is 14.6. The summed E-state index contributed by atoms with van der Waals surface area (Å²) >= 11 is 0. The van der Waals surface area contributed by atoms with Gasteiger partial charge in [0.25, 0.3) is 5.91 Å². The Morgan fingerprint density at radius 2 is 1.70 bits per heavy atom. The van der Waals surface area contributed by atoms with Crippen LogP contribution >= 0.6 is 0 Å². The summed E-state index contributed by atoms with van der Waals surface area (Å²) in [6.45, 7) is 2.65. The molecule has 0 spiro atoms. The van der Waals surface area contributed by atoms with Crippen LogP contribution in [0, 0.1) is 5.92 Å². The van der Waals surface area contributed by atoms with Crippen LogP contribution in [0.15, 0.2) is 54.6 Å². The number of carbonyl (C=O) groups is 2. The van der Waals surface area contributed by atoms with Gasteiger partial charge in [0.2, 0.25) is 5.91 Å². The van der Waals surface area contributed by atoms with Crippen molar-refractivity contribution in [2.45, 2.75) is 37.6 Å². The summed E-state index contributed by atoms with van der Waals surface area (Å²) in [6.07, 6.45) is 3.64. The molecule has 4 rings (SSSR count). The largest absolute Gasteiger partial charge is 0.342 e. The van der Waals surface area contributed by atoms with Crippen molar-refractivity contribution in [3.05, 3.63) is 71.3 Å². The quantitative estimate of drug-likeness (QED) is 0.487. The molecule has 2 unspecified atom stereocenters. The molecule has 2 aliphatic rings. The van der Waals surface area contributed by atoms with Crippen molar-refractivity contribution in [2.24, 2.45) is 5.92 Å². The molecule has 0 bridgehead atoms. The Hall–Kier alpha value is -2.70. The van der Waals surface area contributed by atoms with Crippen LogP contribution in [0.1, 0.15) is 46.7 Å². The zero-order chi connectivity index (χ0) is 20.9. The number of carbonyl (C=O) groups excluding carboxylic acids is 2. The molecule has 2 aromatic rings. The molecule has 1 aliphatic carbocycles. The molecule has 2 atom stereocenters. The van der Waals surface area contributed by atoms with E-state index in [1.807, 2.05) is 4.90 Å². The molecule has 1 aliphatic heterocycles. The molecule has 1 saturated carbocycles. The van der Waals surface area contributed by atoms with Crippen molar-refractivity contribution in [1.82, 2.24) is 15.7 Å². The number of nitrogens with one attached hydrogen (secondary N) is 2. The number of hydrogen-bond donors (Lipinski definition) is 3. The number of likely N-dealkylation sites (tertiary alicyclic amines) is 1. The van der Waals surface area contributed by atoms with E-state index in [2.05, 4.69) is 35.6 Å². The molecular weight excluding hydrogens is 378 g/mol. The summed E-state index contributed by atoms with van der Waals surface area (Å²) in [5.41, 5.74) is 4.28. The number of amides is 2. The Morgan fingerprint density at radius 3 is 2.37 bits per heavy atom. The van der Waals surface area contributed by atoms with E-state index in [9.17, 15) is 9.59 Å². The first-order valence-corrected chi connectivity index (χ1v) is 10.7. The van der Waals surface area contributed by atoms with E-state index in [0.717, 1.165) is 38.0 Å². The van der Waals surface area contributed by atoms with Crippen molar-refractivity contribution >= 4 is 11.8 Å². The Balaban J connectivity index is 1.17. The highest BCUT2D eigenvalue weighted by Gasteiger charge is 2.38. The van der Waals surface area contributed by atoms with Crippen LogP contribution in [-0.4, -0.2) is 47.6 Å². The molecule has 0 radical (unpaired) electrons. The number of hydrogen-bond acceptors (Lipinski definition) is 4. The third kappa shape index (κ3) is 5.07. The fourth-order valence-electron chi connectivity index (χ4n) is 4.32. The maximum absolute atomic E-state index is 12.6. The summed E-state index contributed by atoms with van der Waals surface area (Å²) in [4.78, 5) is 25.9. The second-order valence-electron chi connectivity index (χ2n) is 8.41. The monoisotopic (exact) mass is 407 g/mol. The highest BCUT2D eigenvalue weighted by atomic mass is 16.5. The van der Waals surface area contributed by atoms with E-state index < -0.39 is 5.91 Å². The van der Waals surface area contributed by atoms with E-state index in [1.54, 1.807) is 29.7 Å². The van der Waals surface area contributed by atoms with Gasteiger partial charge in [0.1, 0.15) is 0 Å². The van der Waals surface area contributed by atoms with E-state index >= 15 is 0 Å². The number of nitrogens with zero attached hydrogens (tertiary/aromatic N) is 1. The lowest BCUT2D eigenvalue weighted by molar-refractivity contribution is -0.131. The standard InChI is InChI=1S/C24H29N3O3/c28-23(14-17-6-8-20(9-7-17)24(29)26-30)27-12-10-18(11-13-27)16-25-22-15-21(22)19-4-2-1-3-5-19/h1-9,18,21-22,25,30H,10-16H2,(H,26,29). The third-order valence-corrected chi connectivity index (χ3v) is 6.33. The van der Waals surface area contributed by atoms with E-state index in [1.165, 1.54) is 12.0 Å². The molecule has 158 valence electrons. The number of rotatable bonds is 7. The first kappa shape index (κ1) is 20.6. The minimum atomic E-state index is -0.551. The lowest BCUT2D eigenvalue weighted by Gasteiger charge is -2.32. The van der Waals surface area contributed by atoms with Gasteiger partial charge in [-0.2, -0.15) is 0 Å². The van der Waals surface area contributed by atoms with Gasteiger partial charge in [-0.1, -0.05) is 42.5 Å². The maximum Gasteiger partial charge on any atom is 0.274 e. The van der Waals surface area contributed by atoms with Gasteiger partial charge in [0.05, 0.1) is 6.42 Å². The van der Waals surface area contributed by atoms with E-state index in [4.69, 9.17) is 5.21 Å². The van der Waals surface area contributed by atoms with Crippen LogP contribution in [0.25, 0.3) is 0 Å². The summed E-state index contributed by atoms with van der Waals surface area (Å²) in [7, 11) is 0. The first-order valence-electron chi connectivity index (χ1n) is 10.7. The SMILES string of the molecule is O=C(NO)c1ccc(CC(=O)N2CCC(CNC3CC3c3ccccc3)CC2)cc1. The zero-order valence-corrected chi connectivity index (χ0v) is 17.1. The van der Waals surface area contributed by atoms with Gasteiger partial charge >= 0.3 is 0 Å². The number of benzene rings is 2. The second kappa shape index (κ2) is 9.41. The Labute approximate surface area is 177 Å². The lowest BCUT2D eigenvalue weighted by Crippen LogP contribution is -2.41. The smallest absolute Gasteiger partial charge is 0.274 e. The molecule has 0 aromatic heterocycles. The van der Waals surface area contributed by atoms with Crippen molar-refractivity contribution in [1.29, 1.82) is 0 Å². The minimum Gasteiger partial charge on any atom is -0.342 e. The molecule has 30 heavy (non-hydrogen) atoms. The van der Waals surface area contributed by atoms with Crippen LogP contribution in [0.3, 0.4) is 0 Å². The van der Waals surface area contributed by atoms with Gasteiger partial charge in [-0.25, -0.2) is 5.48 Å². The third-order valence-electron chi connectivity index (χ3n) is 6.33. The molecular formula is C24H29N3O3. The van der Waals surface area contributed by atoms with Gasteiger partial charge in [-0.15, -0.1) is 0 Å². The van der Waals surface area contributed by atoms with Crippen LogP contribution in [0.2, 0.25) is 0 Å². The Morgan fingerprint density at radius 1 is 1.00 bits per heavy atom. The van der Waals surface area contributed by atoms with Crippen molar-refractivity contribution in [3.8, 4) is 0 Å². The fourth-order valence-corrected chi connectivity index (χ4v) is 4.32. The molecule has 2 fully saturated rings.